The van der Waals surface area contributed by atoms with E-state index >= 15 is 0 Å². The maximum Gasteiger partial charge on any atom is 0.241 e. The number of aryl methyl sites for hydroxylation is 1. The standard InChI is InChI=1S/C13H19BrN2O2S/c1-10-2-3-12(14)13(8-10)19(17,18)16-7-5-11-4-6-15-9-11/h2-3,8,11,15-16H,4-7,9H2,1H3. The number of benzene rings is 1. The lowest BCUT2D eigenvalue weighted by Crippen LogP contribution is -2.27. The molecule has 0 spiro atoms. The minimum Gasteiger partial charge on any atom is -0.316 e. The largest absolute Gasteiger partial charge is 0.316 e. The summed E-state index contributed by atoms with van der Waals surface area (Å²) in [7, 11) is -3.42. The van der Waals surface area contributed by atoms with Gasteiger partial charge in [-0.1, -0.05) is 6.07 Å². The molecule has 0 amide bonds. The molecular formula is C13H19BrN2O2S. The van der Waals surface area contributed by atoms with Crippen molar-refractivity contribution in [2.45, 2.75) is 24.7 Å². The van der Waals surface area contributed by atoms with E-state index in [1.54, 1.807) is 12.1 Å². The highest BCUT2D eigenvalue weighted by Gasteiger charge is 2.19. The number of sulfonamides is 1. The van der Waals surface area contributed by atoms with Gasteiger partial charge in [0, 0.05) is 11.0 Å². The monoisotopic (exact) mass is 346 g/mol. The molecule has 1 saturated heterocycles. The molecule has 1 fully saturated rings. The predicted molar refractivity (Wildman–Crippen MR) is 79.7 cm³/mol. The predicted octanol–water partition coefficient (Wildman–Crippen LogP) is 2.04. The molecule has 1 heterocycles. The Labute approximate surface area is 123 Å². The summed E-state index contributed by atoms with van der Waals surface area (Å²) in [5.74, 6) is 0.587. The lowest BCUT2D eigenvalue weighted by atomic mass is 10.1. The van der Waals surface area contributed by atoms with Crippen LogP contribution >= 0.6 is 15.9 Å². The molecule has 1 aromatic carbocycles. The van der Waals surface area contributed by atoms with Gasteiger partial charge in [0.15, 0.2) is 0 Å². The van der Waals surface area contributed by atoms with Crippen LogP contribution in [0.1, 0.15) is 18.4 Å². The van der Waals surface area contributed by atoms with E-state index in [-0.39, 0.29) is 0 Å². The SMILES string of the molecule is Cc1ccc(Br)c(S(=O)(=O)NCCC2CCNC2)c1. The fraction of sp³-hybridized carbons (Fsp3) is 0.538. The van der Waals surface area contributed by atoms with Gasteiger partial charge in [-0.05, 0) is 72.4 Å². The Morgan fingerprint density at radius 3 is 2.95 bits per heavy atom. The molecule has 1 atom stereocenters. The number of hydrogen-bond donors (Lipinski definition) is 2. The highest BCUT2D eigenvalue weighted by atomic mass is 79.9. The molecule has 106 valence electrons. The Morgan fingerprint density at radius 2 is 2.26 bits per heavy atom. The Hall–Kier alpha value is -0.430. The third-order valence-electron chi connectivity index (χ3n) is 3.38. The molecule has 0 radical (unpaired) electrons. The van der Waals surface area contributed by atoms with Gasteiger partial charge in [-0.3, -0.25) is 0 Å². The van der Waals surface area contributed by atoms with Crippen LogP contribution in [-0.4, -0.2) is 28.1 Å². The van der Waals surface area contributed by atoms with Crippen LogP contribution < -0.4 is 10.0 Å². The van der Waals surface area contributed by atoms with Crippen LogP contribution in [0.3, 0.4) is 0 Å². The molecule has 0 bridgehead atoms. The summed E-state index contributed by atoms with van der Waals surface area (Å²) < 4.78 is 27.7. The van der Waals surface area contributed by atoms with Crippen LogP contribution in [0.4, 0.5) is 0 Å². The van der Waals surface area contributed by atoms with Crippen molar-refractivity contribution in [1.29, 1.82) is 0 Å². The summed E-state index contributed by atoms with van der Waals surface area (Å²) in [6, 6.07) is 5.33. The first-order valence-corrected chi connectivity index (χ1v) is 8.73. The molecule has 0 aromatic heterocycles. The van der Waals surface area contributed by atoms with Gasteiger partial charge < -0.3 is 5.32 Å². The zero-order chi connectivity index (χ0) is 13.9. The van der Waals surface area contributed by atoms with Crippen molar-refractivity contribution in [1.82, 2.24) is 10.0 Å². The Morgan fingerprint density at radius 1 is 1.47 bits per heavy atom. The molecule has 2 N–H and O–H groups in total. The second-order valence-electron chi connectivity index (χ2n) is 4.98. The van der Waals surface area contributed by atoms with Gasteiger partial charge in [0.05, 0.1) is 4.90 Å². The Balaban J connectivity index is 1.99. The zero-order valence-corrected chi connectivity index (χ0v) is 13.4. The van der Waals surface area contributed by atoms with Crippen molar-refractivity contribution in [3.05, 3.63) is 28.2 Å². The molecule has 6 heteroatoms. The van der Waals surface area contributed by atoms with Crippen LogP contribution in [0, 0.1) is 12.8 Å². The van der Waals surface area contributed by atoms with E-state index in [0.29, 0.717) is 21.8 Å². The van der Waals surface area contributed by atoms with Crippen molar-refractivity contribution in [2.24, 2.45) is 5.92 Å². The highest BCUT2D eigenvalue weighted by molar-refractivity contribution is 9.10. The van der Waals surface area contributed by atoms with Crippen molar-refractivity contribution in [2.75, 3.05) is 19.6 Å². The molecule has 2 rings (SSSR count). The average Bonchev–Trinajstić information content (AvgIpc) is 2.85. The number of halogens is 1. The van der Waals surface area contributed by atoms with Gasteiger partial charge in [-0.15, -0.1) is 0 Å². The van der Waals surface area contributed by atoms with E-state index < -0.39 is 10.0 Å². The minimum absolute atomic E-state index is 0.317. The molecule has 1 aromatic rings. The van der Waals surface area contributed by atoms with Crippen LogP contribution in [-0.2, 0) is 10.0 Å². The summed E-state index contributed by atoms with van der Waals surface area (Å²) in [6.45, 7) is 4.42. The minimum atomic E-state index is -3.42. The normalized spacial score (nSPS) is 19.8. The first kappa shape index (κ1) is 15.0. The average molecular weight is 347 g/mol. The van der Waals surface area contributed by atoms with Gasteiger partial charge in [-0.25, -0.2) is 13.1 Å². The van der Waals surface area contributed by atoms with E-state index in [4.69, 9.17) is 0 Å². The summed E-state index contributed by atoms with van der Waals surface area (Å²) >= 11 is 3.30. The lowest BCUT2D eigenvalue weighted by molar-refractivity contribution is 0.519. The van der Waals surface area contributed by atoms with E-state index in [1.165, 1.54) is 0 Å². The topological polar surface area (TPSA) is 58.2 Å². The molecule has 0 aliphatic carbocycles. The molecular weight excluding hydrogens is 328 g/mol. The van der Waals surface area contributed by atoms with Crippen LogP contribution in [0.5, 0.6) is 0 Å². The van der Waals surface area contributed by atoms with E-state index in [1.807, 2.05) is 13.0 Å². The van der Waals surface area contributed by atoms with Gasteiger partial charge in [0.1, 0.15) is 0 Å². The Bertz CT molecular complexity index is 540. The van der Waals surface area contributed by atoms with E-state index in [9.17, 15) is 8.42 Å². The van der Waals surface area contributed by atoms with E-state index in [0.717, 1.165) is 31.5 Å². The van der Waals surface area contributed by atoms with Crippen LogP contribution in [0.15, 0.2) is 27.6 Å². The maximum absolute atomic E-state index is 12.2. The van der Waals surface area contributed by atoms with Crippen molar-refractivity contribution >= 4 is 26.0 Å². The van der Waals surface area contributed by atoms with Crippen molar-refractivity contribution in [3.63, 3.8) is 0 Å². The molecule has 1 aliphatic heterocycles. The van der Waals surface area contributed by atoms with Gasteiger partial charge in [0.2, 0.25) is 10.0 Å². The number of rotatable bonds is 5. The maximum atomic E-state index is 12.2. The second-order valence-corrected chi connectivity index (χ2v) is 7.57. The molecule has 1 unspecified atom stereocenters. The van der Waals surface area contributed by atoms with Gasteiger partial charge >= 0.3 is 0 Å². The lowest BCUT2D eigenvalue weighted by Gasteiger charge is -2.11. The third kappa shape index (κ3) is 4.02. The zero-order valence-electron chi connectivity index (χ0n) is 10.9. The molecule has 1 aliphatic rings. The molecule has 19 heavy (non-hydrogen) atoms. The first-order valence-electron chi connectivity index (χ1n) is 6.45. The summed E-state index contributed by atoms with van der Waals surface area (Å²) in [4.78, 5) is 0.317. The fourth-order valence-corrected chi connectivity index (χ4v) is 4.35. The first-order chi connectivity index (χ1) is 8.99. The fourth-order valence-electron chi connectivity index (χ4n) is 2.25. The summed E-state index contributed by atoms with van der Waals surface area (Å²) in [6.07, 6.45) is 2.02. The smallest absolute Gasteiger partial charge is 0.241 e. The van der Waals surface area contributed by atoms with Crippen LogP contribution in [0.2, 0.25) is 0 Å². The summed E-state index contributed by atoms with van der Waals surface area (Å²) in [5, 5.41) is 3.28. The summed E-state index contributed by atoms with van der Waals surface area (Å²) in [5.41, 5.74) is 0.934. The van der Waals surface area contributed by atoms with Crippen LogP contribution in [0.25, 0.3) is 0 Å². The van der Waals surface area contributed by atoms with E-state index in [2.05, 4.69) is 26.0 Å². The quantitative estimate of drug-likeness (QED) is 0.857. The highest BCUT2D eigenvalue weighted by Crippen LogP contribution is 2.23. The molecule has 0 saturated carbocycles. The third-order valence-corrected chi connectivity index (χ3v) is 5.84. The van der Waals surface area contributed by atoms with Gasteiger partial charge in [-0.2, -0.15) is 0 Å². The van der Waals surface area contributed by atoms with Gasteiger partial charge in [0.25, 0.3) is 0 Å². The van der Waals surface area contributed by atoms with Crippen molar-refractivity contribution < 1.29 is 8.42 Å². The Kier molecular flexibility index (Phi) is 5.00. The number of hydrogen-bond acceptors (Lipinski definition) is 3. The molecule has 4 nitrogen and oxygen atoms in total. The number of nitrogens with one attached hydrogen (secondary N) is 2. The second kappa shape index (κ2) is 6.35. The van der Waals surface area contributed by atoms with Crippen molar-refractivity contribution in [3.8, 4) is 0 Å².